The highest BCUT2D eigenvalue weighted by Gasteiger charge is 2.19. The molecule has 1 aromatic rings. The summed E-state index contributed by atoms with van der Waals surface area (Å²) >= 11 is 3.16. The molecule has 0 spiro atoms. The fourth-order valence-corrected chi connectivity index (χ4v) is 3.78. The Bertz CT molecular complexity index is 774. The molecule has 1 aromatic carbocycles. The minimum atomic E-state index is -3.99. The fourth-order valence-electron chi connectivity index (χ4n) is 1.49. The smallest absolute Gasteiger partial charge is 0.261 e. The summed E-state index contributed by atoms with van der Waals surface area (Å²) in [6.07, 6.45) is 1.06. The third-order valence-electron chi connectivity index (χ3n) is 2.58. The lowest BCUT2D eigenvalue weighted by Gasteiger charge is -2.09. The molecule has 0 radical (unpaired) electrons. The quantitative estimate of drug-likeness (QED) is 0.730. The van der Waals surface area contributed by atoms with E-state index in [1.165, 1.54) is 6.07 Å². The summed E-state index contributed by atoms with van der Waals surface area (Å²) in [6.45, 7) is 1.48. The molecule has 0 bridgehead atoms. The molecule has 6 nitrogen and oxygen atoms in total. The van der Waals surface area contributed by atoms with E-state index < -0.39 is 24.8 Å². The summed E-state index contributed by atoms with van der Waals surface area (Å²) < 4.78 is 45.3. The summed E-state index contributed by atoms with van der Waals surface area (Å²) in [5.41, 5.74) is 0.456. The number of hydrogen-bond donors (Lipinski definition) is 1. The zero-order chi connectivity index (χ0) is 16.4. The Morgan fingerprint density at radius 2 is 1.86 bits per heavy atom. The van der Waals surface area contributed by atoms with Crippen molar-refractivity contribution >= 4 is 51.4 Å². The molecule has 1 amide bonds. The van der Waals surface area contributed by atoms with Gasteiger partial charge < -0.3 is 5.32 Å². The summed E-state index contributed by atoms with van der Waals surface area (Å²) in [5.74, 6) is -0.784. The Labute approximate surface area is 136 Å². The van der Waals surface area contributed by atoms with Crippen LogP contribution in [0.15, 0.2) is 21.5 Å². The van der Waals surface area contributed by atoms with Gasteiger partial charge in [0, 0.05) is 33.5 Å². The van der Waals surface area contributed by atoms with Gasteiger partial charge in [-0.3, -0.25) is 4.79 Å². The Balaban J connectivity index is 3.04. The molecule has 10 heteroatoms. The minimum absolute atomic E-state index is 0.0634. The molecular formula is C11H13BrClNO5S2. The van der Waals surface area contributed by atoms with Crippen LogP contribution in [0, 0.1) is 6.92 Å². The normalized spacial score (nSPS) is 12.2. The van der Waals surface area contributed by atoms with Crippen molar-refractivity contribution in [2.75, 3.05) is 18.6 Å². The molecular weight excluding hydrogens is 406 g/mol. The topological polar surface area (TPSA) is 97.4 Å². The highest BCUT2D eigenvalue weighted by Crippen LogP contribution is 2.28. The number of halogens is 2. The first-order valence-corrected chi connectivity index (χ1v) is 10.8. The third kappa shape index (κ3) is 5.57. The third-order valence-corrected chi connectivity index (χ3v) is 5.80. The molecule has 0 saturated carbocycles. The van der Waals surface area contributed by atoms with E-state index in [-0.39, 0.29) is 22.8 Å². The van der Waals surface area contributed by atoms with E-state index >= 15 is 0 Å². The van der Waals surface area contributed by atoms with E-state index in [2.05, 4.69) is 21.2 Å². The standard InChI is InChI=1S/C11H13BrClNO5S2/c1-7-9(12)5-8(6-10(7)21(13,18)19)11(15)14-3-4-20(2,16)17/h5-6H,3-4H2,1-2H3,(H,14,15). The molecule has 0 unspecified atom stereocenters. The molecule has 0 saturated heterocycles. The lowest BCUT2D eigenvalue weighted by atomic mass is 10.1. The van der Waals surface area contributed by atoms with Gasteiger partial charge in [-0.15, -0.1) is 0 Å². The highest BCUT2D eigenvalue weighted by molar-refractivity contribution is 9.10. The molecule has 0 aliphatic rings. The van der Waals surface area contributed by atoms with Crippen molar-refractivity contribution in [2.45, 2.75) is 11.8 Å². The second-order valence-electron chi connectivity index (χ2n) is 4.40. The maximum atomic E-state index is 11.9. The number of benzene rings is 1. The number of hydrogen-bond acceptors (Lipinski definition) is 5. The van der Waals surface area contributed by atoms with Gasteiger partial charge in [0.2, 0.25) is 0 Å². The van der Waals surface area contributed by atoms with E-state index in [0.717, 1.165) is 12.3 Å². The van der Waals surface area contributed by atoms with Crippen LogP contribution in [0.5, 0.6) is 0 Å². The van der Waals surface area contributed by atoms with Crippen LogP contribution < -0.4 is 5.32 Å². The zero-order valence-corrected chi connectivity index (χ0v) is 15.2. The van der Waals surface area contributed by atoms with Crippen LogP contribution in [0.1, 0.15) is 15.9 Å². The van der Waals surface area contributed by atoms with E-state index in [1.807, 2.05) is 0 Å². The van der Waals surface area contributed by atoms with Gasteiger partial charge in [-0.05, 0) is 24.6 Å². The number of rotatable bonds is 5. The van der Waals surface area contributed by atoms with Crippen LogP contribution in [0.25, 0.3) is 0 Å². The van der Waals surface area contributed by atoms with Crippen molar-refractivity contribution in [3.63, 3.8) is 0 Å². The number of amides is 1. The van der Waals surface area contributed by atoms with Crippen molar-refractivity contribution in [3.05, 3.63) is 27.7 Å². The first-order chi connectivity index (χ1) is 9.42. The Hall–Kier alpha value is -0.640. The van der Waals surface area contributed by atoms with E-state index in [0.29, 0.717) is 10.0 Å². The highest BCUT2D eigenvalue weighted by atomic mass is 79.9. The van der Waals surface area contributed by atoms with Crippen LogP contribution in [-0.4, -0.2) is 41.3 Å². The predicted molar refractivity (Wildman–Crippen MR) is 84.0 cm³/mol. The number of sulfone groups is 1. The Morgan fingerprint density at radius 3 is 2.33 bits per heavy atom. The molecule has 118 valence electrons. The van der Waals surface area contributed by atoms with Crippen LogP contribution in [0.2, 0.25) is 0 Å². The largest absolute Gasteiger partial charge is 0.351 e. The monoisotopic (exact) mass is 417 g/mol. The maximum Gasteiger partial charge on any atom is 0.261 e. The van der Waals surface area contributed by atoms with E-state index in [9.17, 15) is 21.6 Å². The summed E-state index contributed by atoms with van der Waals surface area (Å²) in [4.78, 5) is 11.7. The number of carbonyl (C=O) groups excluding carboxylic acids is 1. The van der Waals surface area contributed by atoms with Crippen molar-refractivity contribution in [1.29, 1.82) is 0 Å². The van der Waals surface area contributed by atoms with Crippen LogP contribution >= 0.6 is 26.6 Å². The maximum absolute atomic E-state index is 11.9. The molecule has 0 aliphatic heterocycles. The molecule has 0 aliphatic carbocycles. The van der Waals surface area contributed by atoms with Gasteiger partial charge in [-0.2, -0.15) is 0 Å². The minimum Gasteiger partial charge on any atom is -0.351 e. The van der Waals surface area contributed by atoms with Gasteiger partial charge in [0.25, 0.3) is 15.0 Å². The van der Waals surface area contributed by atoms with Gasteiger partial charge in [0.05, 0.1) is 10.6 Å². The number of carbonyl (C=O) groups is 1. The second-order valence-corrected chi connectivity index (χ2v) is 10.1. The SMILES string of the molecule is Cc1c(Br)cc(C(=O)NCCS(C)(=O)=O)cc1S(=O)(=O)Cl. The van der Waals surface area contributed by atoms with Crippen molar-refractivity contribution in [2.24, 2.45) is 0 Å². The Morgan fingerprint density at radius 1 is 1.29 bits per heavy atom. The van der Waals surface area contributed by atoms with Crippen LogP contribution in [0.4, 0.5) is 0 Å². The molecule has 0 atom stereocenters. The first-order valence-electron chi connectivity index (χ1n) is 5.62. The first kappa shape index (κ1) is 18.4. The van der Waals surface area contributed by atoms with Crippen molar-refractivity contribution in [3.8, 4) is 0 Å². The van der Waals surface area contributed by atoms with E-state index in [4.69, 9.17) is 10.7 Å². The van der Waals surface area contributed by atoms with Gasteiger partial charge >= 0.3 is 0 Å². The lowest BCUT2D eigenvalue weighted by molar-refractivity contribution is 0.0956. The molecule has 0 aromatic heterocycles. The molecule has 1 rings (SSSR count). The average Bonchev–Trinajstić information content (AvgIpc) is 2.29. The zero-order valence-electron chi connectivity index (χ0n) is 11.2. The second kappa shape index (κ2) is 6.64. The van der Waals surface area contributed by atoms with Crippen LogP contribution in [0.3, 0.4) is 0 Å². The number of nitrogens with one attached hydrogen (secondary N) is 1. The summed E-state index contributed by atoms with van der Waals surface area (Å²) in [5, 5.41) is 2.40. The molecule has 21 heavy (non-hydrogen) atoms. The molecule has 0 heterocycles. The van der Waals surface area contributed by atoms with Crippen LogP contribution in [-0.2, 0) is 18.9 Å². The van der Waals surface area contributed by atoms with Crippen molar-refractivity contribution < 1.29 is 21.6 Å². The fraction of sp³-hybridized carbons (Fsp3) is 0.364. The molecule has 1 N–H and O–H groups in total. The van der Waals surface area contributed by atoms with Gasteiger partial charge in [0.1, 0.15) is 9.84 Å². The van der Waals surface area contributed by atoms with Gasteiger partial charge in [0.15, 0.2) is 0 Å². The average molecular weight is 419 g/mol. The predicted octanol–water partition coefficient (Wildman–Crippen LogP) is 1.46. The summed E-state index contributed by atoms with van der Waals surface area (Å²) in [6, 6.07) is 2.59. The Kier molecular flexibility index (Phi) is 5.82. The van der Waals surface area contributed by atoms with E-state index in [1.54, 1.807) is 6.92 Å². The van der Waals surface area contributed by atoms with Gasteiger partial charge in [-0.25, -0.2) is 16.8 Å². The summed E-state index contributed by atoms with van der Waals surface area (Å²) in [7, 11) is -1.86. The lowest BCUT2D eigenvalue weighted by Crippen LogP contribution is -2.29. The van der Waals surface area contributed by atoms with Crippen molar-refractivity contribution in [1.82, 2.24) is 5.32 Å². The molecule has 0 fully saturated rings. The van der Waals surface area contributed by atoms with Gasteiger partial charge in [-0.1, -0.05) is 15.9 Å².